The van der Waals surface area contributed by atoms with Gasteiger partial charge in [0.25, 0.3) is 0 Å². The number of ether oxygens (including phenoxy) is 1. The fourth-order valence-electron chi connectivity index (χ4n) is 3.00. The maximum Gasteiger partial charge on any atom is 0.345 e. The molecule has 6 nitrogen and oxygen atoms in total. The van der Waals surface area contributed by atoms with Crippen molar-refractivity contribution in [2.24, 2.45) is 0 Å². The molecule has 2 unspecified atom stereocenters. The predicted octanol–water partition coefficient (Wildman–Crippen LogP) is 2.12. The van der Waals surface area contributed by atoms with Crippen molar-refractivity contribution in [3.8, 4) is 0 Å². The summed E-state index contributed by atoms with van der Waals surface area (Å²) in [6.45, 7) is 4.52. The molecule has 2 aliphatic heterocycles. The molecule has 0 spiro atoms. The number of hydrogen-bond donors (Lipinski definition) is 0. The molecular formula is C17H20N2O4. The van der Waals surface area contributed by atoms with Gasteiger partial charge in [-0.25, -0.2) is 9.59 Å². The number of carbonyl (C=O) groups excluding carboxylic acids is 2. The monoisotopic (exact) mass is 316 g/mol. The number of nitrogens with zero attached hydrogens (tertiary/aromatic N) is 2. The van der Waals surface area contributed by atoms with E-state index in [2.05, 4.69) is 6.58 Å². The van der Waals surface area contributed by atoms with Crippen LogP contribution in [0.5, 0.6) is 0 Å². The zero-order valence-electron chi connectivity index (χ0n) is 12.9. The predicted molar refractivity (Wildman–Crippen MR) is 83.1 cm³/mol. The first-order valence-electron chi connectivity index (χ1n) is 7.75. The van der Waals surface area contributed by atoms with Gasteiger partial charge in [-0.05, 0) is 18.4 Å². The minimum absolute atomic E-state index is 0.00494. The van der Waals surface area contributed by atoms with Crippen LogP contribution in [0.3, 0.4) is 0 Å². The molecular weight excluding hydrogens is 296 g/mol. The summed E-state index contributed by atoms with van der Waals surface area (Å²) in [5.74, 6) is -0.374. The number of amides is 2. The van der Waals surface area contributed by atoms with E-state index >= 15 is 0 Å². The molecule has 0 aromatic heterocycles. The summed E-state index contributed by atoms with van der Waals surface area (Å²) < 4.78 is 5.08. The number of piperidine rings is 1. The lowest BCUT2D eigenvalue weighted by molar-refractivity contribution is -0.148. The Balaban J connectivity index is 1.62. The molecule has 122 valence electrons. The molecule has 2 bridgehead atoms. The molecule has 2 atom stereocenters. The highest BCUT2D eigenvalue weighted by Gasteiger charge is 2.48. The molecule has 23 heavy (non-hydrogen) atoms. The average molecular weight is 316 g/mol. The fraction of sp³-hybridized carbons (Fsp3) is 0.412. The van der Waals surface area contributed by atoms with E-state index in [1.54, 1.807) is 4.90 Å². The van der Waals surface area contributed by atoms with Crippen molar-refractivity contribution >= 4 is 12.0 Å². The number of hydroxylamine groups is 2. The van der Waals surface area contributed by atoms with Crippen molar-refractivity contribution in [1.29, 1.82) is 0 Å². The summed E-state index contributed by atoms with van der Waals surface area (Å²) in [4.78, 5) is 31.8. The van der Waals surface area contributed by atoms with Crippen LogP contribution in [-0.2, 0) is 21.0 Å². The Morgan fingerprint density at radius 3 is 2.83 bits per heavy atom. The summed E-state index contributed by atoms with van der Waals surface area (Å²) in [5, 5.41) is 1.41. The summed E-state index contributed by atoms with van der Waals surface area (Å²) in [6, 6.07) is 8.89. The smallest absolute Gasteiger partial charge is 0.345 e. The van der Waals surface area contributed by atoms with Gasteiger partial charge in [0.05, 0.1) is 6.04 Å². The van der Waals surface area contributed by atoms with Crippen molar-refractivity contribution in [2.45, 2.75) is 31.5 Å². The van der Waals surface area contributed by atoms with Gasteiger partial charge >= 0.3 is 12.0 Å². The lowest BCUT2D eigenvalue weighted by Gasteiger charge is -2.28. The first kappa shape index (κ1) is 15.6. The lowest BCUT2D eigenvalue weighted by atomic mass is 10.0. The molecule has 2 amide bonds. The Kier molecular flexibility index (Phi) is 4.62. The Morgan fingerprint density at radius 2 is 2.09 bits per heavy atom. The quantitative estimate of drug-likeness (QED) is 0.596. The average Bonchev–Trinajstić information content (AvgIpc) is 2.83. The van der Waals surface area contributed by atoms with E-state index in [1.807, 2.05) is 30.3 Å². The van der Waals surface area contributed by atoms with E-state index in [0.717, 1.165) is 12.0 Å². The Bertz CT molecular complexity index is 590. The molecule has 6 heteroatoms. The van der Waals surface area contributed by atoms with Crippen molar-refractivity contribution in [3.05, 3.63) is 48.6 Å². The minimum Gasteiger partial charge on any atom is -0.460 e. The topological polar surface area (TPSA) is 59.1 Å². The number of urea groups is 1. The van der Waals surface area contributed by atoms with E-state index in [4.69, 9.17) is 9.57 Å². The van der Waals surface area contributed by atoms with Crippen molar-refractivity contribution in [2.75, 3.05) is 13.2 Å². The van der Waals surface area contributed by atoms with Crippen LogP contribution in [0.15, 0.2) is 43.0 Å². The first-order valence-corrected chi connectivity index (χ1v) is 7.75. The van der Waals surface area contributed by atoms with Crippen LogP contribution in [0.25, 0.3) is 0 Å². The summed E-state index contributed by atoms with van der Waals surface area (Å²) in [5.41, 5.74) is 0.999. The van der Waals surface area contributed by atoms with Crippen LogP contribution < -0.4 is 0 Å². The van der Waals surface area contributed by atoms with Gasteiger partial charge in [-0.3, -0.25) is 4.84 Å². The van der Waals surface area contributed by atoms with Crippen LogP contribution in [0.1, 0.15) is 18.4 Å². The van der Waals surface area contributed by atoms with Crippen molar-refractivity contribution in [3.63, 3.8) is 0 Å². The third kappa shape index (κ3) is 3.22. The van der Waals surface area contributed by atoms with Gasteiger partial charge in [0.2, 0.25) is 0 Å². The molecule has 0 saturated carbocycles. The Labute approximate surface area is 135 Å². The largest absolute Gasteiger partial charge is 0.460 e. The van der Waals surface area contributed by atoms with Crippen LogP contribution in [0, 0.1) is 0 Å². The van der Waals surface area contributed by atoms with E-state index in [-0.39, 0.29) is 24.6 Å². The molecule has 0 radical (unpaired) electrons. The lowest BCUT2D eigenvalue weighted by Crippen LogP contribution is -2.45. The highest BCUT2D eigenvalue weighted by atomic mass is 16.7. The van der Waals surface area contributed by atoms with Gasteiger partial charge in [0.15, 0.2) is 0 Å². The third-order valence-electron chi connectivity index (χ3n) is 4.15. The van der Waals surface area contributed by atoms with Gasteiger partial charge in [-0.1, -0.05) is 43.0 Å². The maximum atomic E-state index is 12.5. The summed E-state index contributed by atoms with van der Waals surface area (Å²) in [6.07, 6.45) is 2.84. The molecule has 1 aromatic rings. The van der Waals surface area contributed by atoms with Crippen molar-refractivity contribution < 1.29 is 19.2 Å². The molecule has 0 aliphatic carbocycles. The Hall–Kier alpha value is -2.34. The third-order valence-corrected chi connectivity index (χ3v) is 4.15. The van der Waals surface area contributed by atoms with Crippen molar-refractivity contribution in [1.82, 2.24) is 9.96 Å². The number of benzene rings is 1. The number of carbonyl (C=O) groups is 2. The molecule has 0 N–H and O–H groups in total. The van der Waals surface area contributed by atoms with E-state index < -0.39 is 6.04 Å². The molecule has 2 fully saturated rings. The molecule has 3 rings (SSSR count). The number of esters is 1. The van der Waals surface area contributed by atoms with E-state index in [1.165, 1.54) is 11.1 Å². The van der Waals surface area contributed by atoms with Gasteiger partial charge in [-0.2, -0.15) is 5.06 Å². The highest BCUT2D eigenvalue weighted by Crippen LogP contribution is 2.31. The van der Waals surface area contributed by atoms with E-state index in [0.29, 0.717) is 19.6 Å². The van der Waals surface area contributed by atoms with Crippen LogP contribution in [-0.4, -0.2) is 47.2 Å². The Morgan fingerprint density at radius 1 is 1.30 bits per heavy atom. The van der Waals surface area contributed by atoms with Gasteiger partial charge in [0.1, 0.15) is 19.3 Å². The van der Waals surface area contributed by atoms with Crippen LogP contribution >= 0.6 is 0 Å². The molecule has 2 heterocycles. The standard InChI is InChI=1S/C17H20N2O4/c1-2-10-22-16(20)15-9-8-14-11-18(15)17(21)19(14)23-12-13-6-4-3-5-7-13/h2-7,14-15H,1,8-12H2. The summed E-state index contributed by atoms with van der Waals surface area (Å²) >= 11 is 0. The van der Waals surface area contributed by atoms with E-state index in [9.17, 15) is 9.59 Å². The van der Waals surface area contributed by atoms with Crippen LogP contribution in [0.2, 0.25) is 0 Å². The number of rotatable bonds is 6. The first-order chi connectivity index (χ1) is 11.2. The van der Waals surface area contributed by atoms with Crippen LogP contribution in [0.4, 0.5) is 4.79 Å². The zero-order chi connectivity index (χ0) is 16.2. The second kappa shape index (κ2) is 6.83. The minimum atomic E-state index is -0.524. The normalized spacial score (nSPS) is 23.0. The fourth-order valence-corrected chi connectivity index (χ4v) is 3.00. The van der Waals surface area contributed by atoms with Gasteiger partial charge < -0.3 is 9.64 Å². The zero-order valence-corrected chi connectivity index (χ0v) is 12.9. The molecule has 1 aromatic carbocycles. The highest BCUT2D eigenvalue weighted by molar-refractivity contribution is 5.85. The van der Waals surface area contributed by atoms with Gasteiger partial charge in [0, 0.05) is 6.54 Å². The maximum absolute atomic E-state index is 12.5. The second-order valence-corrected chi connectivity index (χ2v) is 5.69. The summed E-state index contributed by atoms with van der Waals surface area (Å²) in [7, 11) is 0. The molecule has 2 saturated heterocycles. The number of fused-ring (bicyclic) bond motifs is 2. The van der Waals surface area contributed by atoms with Gasteiger partial charge in [-0.15, -0.1) is 0 Å². The SMILES string of the molecule is C=CCOC(=O)C1CCC2CN1C(=O)N2OCc1ccccc1. The second-order valence-electron chi connectivity index (χ2n) is 5.69. The number of hydrogen-bond acceptors (Lipinski definition) is 4. The molecule has 2 aliphatic rings.